The largest absolute Gasteiger partial charge is 0.457 e. The van der Waals surface area contributed by atoms with Gasteiger partial charge in [-0.05, 0) is 68.8 Å². The number of hydrogen-bond donors (Lipinski definition) is 1. The van der Waals surface area contributed by atoms with Crippen LogP contribution in [0.3, 0.4) is 0 Å². The third kappa shape index (κ3) is 5.03. The first kappa shape index (κ1) is 24.9. The van der Waals surface area contributed by atoms with E-state index < -0.39 is 0 Å². The van der Waals surface area contributed by atoms with Gasteiger partial charge in [-0.3, -0.25) is 18.8 Å². The molecule has 0 unspecified atom stereocenters. The van der Waals surface area contributed by atoms with Crippen LogP contribution in [0.25, 0.3) is 16.9 Å². The van der Waals surface area contributed by atoms with Crippen molar-refractivity contribution in [2.75, 3.05) is 38.5 Å². The first-order chi connectivity index (χ1) is 19.1. The molecule has 1 amide bonds. The highest BCUT2D eigenvalue weighted by molar-refractivity contribution is 5.88. The van der Waals surface area contributed by atoms with Crippen molar-refractivity contribution in [1.29, 1.82) is 0 Å². The molecule has 2 fully saturated rings. The molecule has 2 aliphatic heterocycles. The van der Waals surface area contributed by atoms with E-state index in [4.69, 9.17) is 10.5 Å². The number of rotatable bonds is 7. The number of nitrogen functional groups attached to an aromatic ring is 1. The number of anilines is 1. The number of likely N-dealkylation sites (tertiary alicyclic amines) is 2. The second-order valence-electron chi connectivity index (χ2n) is 9.96. The molecule has 39 heavy (non-hydrogen) atoms. The zero-order valence-electron chi connectivity index (χ0n) is 21.6. The van der Waals surface area contributed by atoms with Crippen molar-refractivity contribution in [3.05, 3.63) is 83.6 Å². The maximum Gasteiger partial charge on any atom is 0.335 e. The van der Waals surface area contributed by atoms with Crippen LogP contribution in [0.4, 0.5) is 5.82 Å². The first-order valence-electron chi connectivity index (χ1n) is 13.3. The maximum absolute atomic E-state index is 13.8. The fourth-order valence-corrected chi connectivity index (χ4v) is 5.45. The van der Waals surface area contributed by atoms with E-state index in [1.807, 2.05) is 60.7 Å². The third-order valence-electron chi connectivity index (χ3n) is 7.42. The van der Waals surface area contributed by atoms with E-state index in [0.29, 0.717) is 42.1 Å². The number of carbonyl (C=O) groups excluding carboxylic acids is 1. The lowest BCUT2D eigenvalue weighted by atomic mass is 10.2. The lowest BCUT2D eigenvalue weighted by Crippen LogP contribution is -2.31. The third-order valence-corrected chi connectivity index (χ3v) is 7.42. The van der Waals surface area contributed by atoms with E-state index in [9.17, 15) is 9.59 Å². The van der Waals surface area contributed by atoms with Crippen molar-refractivity contribution in [2.45, 2.75) is 25.3 Å². The molecule has 4 aromatic rings. The highest BCUT2D eigenvalue weighted by Crippen LogP contribution is 2.29. The van der Waals surface area contributed by atoms with Crippen LogP contribution in [-0.2, 0) is 4.79 Å². The molecule has 1 atom stereocenters. The molecule has 2 aromatic carbocycles. The Hall–Kier alpha value is -4.44. The van der Waals surface area contributed by atoms with Crippen molar-refractivity contribution in [3.63, 3.8) is 0 Å². The summed E-state index contributed by atoms with van der Waals surface area (Å²) >= 11 is 0. The van der Waals surface area contributed by atoms with Gasteiger partial charge in [-0.2, -0.15) is 0 Å². The van der Waals surface area contributed by atoms with Gasteiger partial charge in [0.1, 0.15) is 23.3 Å². The molecule has 0 spiro atoms. The molecule has 2 saturated heterocycles. The summed E-state index contributed by atoms with van der Waals surface area (Å²) in [5, 5.41) is 0. The van der Waals surface area contributed by atoms with E-state index in [1.54, 1.807) is 15.5 Å². The van der Waals surface area contributed by atoms with Crippen molar-refractivity contribution in [3.8, 4) is 17.2 Å². The standard InChI is InChI=1S/C29H31N7O3/c30-27-26-28(32-20-31-27)36(22-14-18-34(19-22)25(37)9-6-17-33-15-4-5-16-33)29(38)35(26)21-10-12-24(13-11-21)39-23-7-2-1-3-8-23/h1-3,6-13,20,22H,4-5,14-19H2,(H2,30,31,32)/t22-/m1/s1. The van der Waals surface area contributed by atoms with Gasteiger partial charge in [0.2, 0.25) is 5.91 Å². The molecule has 200 valence electrons. The van der Waals surface area contributed by atoms with Crippen LogP contribution in [0.15, 0.2) is 77.9 Å². The van der Waals surface area contributed by atoms with Crippen LogP contribution in [0, 0.1) is 0 Å². The number of benzene rings is 2. The van der Waals surface area contributed by atoms with E-state index >= 15 is 0 Å². The van der Waals surface area contributed by atoms with E-state index in [-0.39, 0.29) is 23.5 Å². The average molecular weight is 526 g/mol. The first-order valence-corrected chi connectivity index (χ1v) is 13.3. The highest BCUT2D eigenvalue weighted by Gasteiger charge is 2.31. The van der Waals surface area contributed by atoms with E-state index in [2.05, 4.69) is 14.9 Å². The molecule has 2 aliphatic rings. The molecule has 0 bridgehead atoms. The van der Waals surface area contributed by atoms with Crippen molar-refractivity contribution in [2.24, 2.45) is 0 Å². The minimum absolute atomic E-state index is 0.0309. The van der Waals surface area contributed by atoms with Gasteiger partial charge in [0, 0.05) is 25.7 Å². The second kappa shape index (κ2) is 10.7. The Labute approximate surface area is 225 Å². The highest BCUT2D eigenvalue weighted by atomic mass is 16.5. The molecule has 0 radical (unpaired) electrons. The van der Waals surface area contributed by atoms with Crippen LogP contribution in [0.1, 0.15) is 25.3 Å². The van der Waals surface area contributed by atoms with Gasteiger partial charge in [-0.25, -0.2) is 14.8 Å². The number of para-hydroxylation sites is 1. The molecule has 0 aliphatic carbocycles. The number of aromatic nitrogens is 4. The molecule has 2 aromatic heterocycles. The summed E-state index contributed by atoms with van der Waals surface area (Å²) in [5.41, 5.74) is 7.54. The topological polar surface area (TPSA) is 112 Å². The molecular formula is C29H31N7O3. The predicted molar refractivity (Wildman–Crippen MR) is 149 cm³/mol. The average Bonchev–Trinajstić information content (AvgIpc) is 3.70. The molecule has 2 N–H and O–H groups in total. The molecular weight excluding hydrogens is 494 g/mol. The minimum atomic E-state index is -0.266. The SMILES string of the molecule is Nc1ncnc2c1n(-c1ccc(Oc3ccccc3)cc1)c(=O)n2[C@@H]1CCN(C(=O)C=CCN2CCCC2)C1. The molecule has 6 rings (SSSR count). The van der Waals surface area contributed by atoms with E-state index in [0.717, 1.165) is 25.4 Å². The number of hydrogen-bond acceptors (Lipinski definition) is 7. The van der Waals surface area contributed by atoms with Gasteiger partial charge in [0.05, 0.1) is 11.7 Å². The molecule has 10 heteroatoms. The molecule has 10 nitrogen and oxygen atoms in total. The van der Waals surface area contributed by atoms with Crippen LogP contribution < -0.4 is 16.2 Å². The predicted octanol–water partition coefficient (Wildman–Crippen LogP) is 3.38. The summed E-state index contributed by atoms with van der Waals surface area (Å²) in [5.74, 6) is 1.56. The quantitative estimate of drug-likeness (QED) is 0.368. The lowest BCUT2D eigenvalue weighted by molar-refractivity contribution is -0.125. The van der Waals surface area contributed by atoms with Gasteiger partial charge in [0.25, 0.3) is 0 Å². The summed E-state index contributed by atoms with van der Waals surface area (Å²) in [6.07, 6.45) is 8.06. The summed E-state index contributed by atoms with van der Waals surface area (Å²) < 4.78 is 9.10. The van der Waals surface area contributed by atoms with Crippen molar-refractivity contribution >= 4 is 22.9 Å². The fourth-order valence-electron chi connectivity index (χ4n) is 5.45. The van der Waals surface area contributed by atoms with Gasteiger partial charge >= 0.3 is 5.69 Å². The van der Waals surface area contributed by atoms with Gasteiger partial charge < -0.3 is 15.4 Å². The summed E-state index contributed by atoms with van der Waals surface area (Å²) in [7, 11) is 0. The van der Waals surface area contributed by atoms with Crippen LogP contribution in [0.5, 0.6) is 11.5 Å². The minimum Gasteiger partial charge on any atom is -0.457 e. The maximum atomic E-state index is 13.8. The van der Waals surface area contributed by atoms with E-state index in [1.165, 1.54) is 23.7 Å². The lowest BCUT2D eigenvalue weighted by Gasteiger charge is -2.15. The van der Waals surface area contributed by atoms with Crippen LogP contribution >= 0.6 is 0 Å². The van der Waals surface area contributed by atoms with Crippen molar-refractivity contribution in [1.82, 2.24) is 28.9 Å². The Balaban J connectivity index is 1.25. The Morgan fingerprint density at radius 3 is 2.51 bits per heavy atom. The van der Waals surface area contributed by atoms with Crippen LogP contribution in [-0.4, -0.2) is 67.5 Å². The Morgan fingerprint density at radius 1 is 1.00 bits per heavy atom. The van der Waals surface area contributed by atoms with Gasteiger partial charge in [-0.1, -0.05) is 24.3 Å². The van der Waals surface area contributed by atoms with Gasteiger partial charge in [0.15, 0.2) is 11.5 Å². The number of nitrogens with zero attached hydrogens (tertiary/aromatic N) is 6. The number of imidazole rings is 1. The van der Waals surface area contributed by atoms with Gasteiger partial charge in [-0.15, -0.1) is 0 Å². The zero-order valence-corrected chi connectivity index (χ0v) is 21.6. The monoisotopic (exact) mass is 525 g/mol. The summed E-state index contributed by atoms with van der Waals surface area (Å²) in [6.45, 7) is 3.97. The Bertz CT molecular complexity index is 1550. The smallest absolute Gasteiger partial charge is 0.335 e. The number of amides is 1. The fraction of sp³-hybridized carbons (Fsp3) is 0.310. The normalized spacial score (nSPS) is 17.9. The Morgan fingerprint density at radius 2 is 1.74 bits per heavy atom. The molecule has 0 saturated carbocycles. The summed E-state index contributed by atoms with van der Waals surface area (Å²) in [6, 6.07) is 16.5. The molecule has 4 heterocycles. The number of ether oxygens (including phenoxy) is 1. The summed E-state index contributed by atoms with van der Waals surface area (Å²) in [4.78, 5) is 39.4. The van der Waals surface area contributed by atoms with Crippen molar-refractivity contribution < 1.29 is 9.53 Å². The Kier molecular flexibility index (Phi) is 6.85. The number of carbonyl (C=O) groups is 1. The number of nitrogens with two attached hydrogens (primary N) is 1. The van der Waals surface area contributed by atoms with Crippen LogP contribution in [0.2, 0.25) is 0 Å². The second-order valence-corrected chi connectivity index (χ2v) is 9.96. The zero-order chi connectivity index (χ0) is 26.8. The number of fused-ring (bicyclic) bond motifs is 1.